The molecule has 1 rings (SSSR count). The number of carbonyl (C=O) groups is 3. The first-order chi connectivity index (χ1) is 9.23. The van der Waals surface area contributed by atoms with Crippen LogP contribution in [-0.4, -0.2) is 38.7 Å². The lowest BCUT2D eigenvalue weighted by Gasteiger charge is -2.13. The predicted octanol–water partition coefficient (Wildman–Crippen LogP) is -0.197. The average Bonchev–Trinajstić information content (AvgIpc) is 2.61. The zero-order chi connectivity index (χ0) is 15.4. The van der Waals surface area contributed by atoms with Crippen molar-refractivity contribution in [2.24, 2.45) is 7.05 Å². The summed E-state index contributed by atoms with van der Waals surface area (Å²) in [4.78, 5) is 44.5. The van der Waals surface area contributed by atoms with E-state index in [-0.39, 0.29) is 22.6 Å². The second-order valence-corrected chi connectivity index (χ2v) is 5.10. The van der Waals surface area contributed by atoms with Crippen LogP contribution in [-0.2, 0) is 16.6 Å². The van der Waals surface area contributed by atoms with Gasteiger partial charge in [0.05, 0.1) is 0 Å². The van der Waals surface area contributed by atoms with Gasteiger partial charge in [-0.25, -0.2) is 4.79 Å². The topological polar surface area (TPSA) is 126 Å². The first-order valence-corrected chi connectivity index (χ1v) is 6.47. The molecule has 1 unspecified atom stereocenters. The van der Waals surface area contributed by atoms with Crippen molar-refractivity contribution in [1.82, 2.24) is 9.88 Å². The van der Waals surface area contributed by atoms with E-state index >= 15 is 0 Å². The summed E-state index contributed by atoms with van der Waals surface area (Å²) in [6.45, 7) is 1.57. The molecule has 0 spiro atoms. The van der Waals surface area contributed by atoms with E-state index in [9.17, 15) is 19.2 Å². The zero-order valence-electron chi connectivity index (χ0n) is 10.9. The van der Waals surface area contributed by atoms with Crippen LogP contribution in [0.1, 0.15) is 28.2 Å². The monoisotopic (exact) mass is 302 g/mol. The van der Waals surface area contributed by atoms with Crippen LogP contribution < -0.4 is 10.2 Å². The maximum atomic E-state index is 11.9. The van der Waals surface area contributed by atoms with Crippen molar-refractivity contribution in [1.29, 1.82) is 0 Å². The van der Waals surface area contributed by atoms with Crippen molar-refractivity contribution < 1.29 is 24.6 Å². The van der Waals surface area contributed by atoms with Crippen LogP contribution >= 0.6 is 11.3 Å². The number of carbonyl (C=O) groups excluding carboxylic acids is 1. The molecule has 8 nitrogen and oxygen atoms in total. The van der Waals surface area contributed by atoms with Crippen molar-refractivity contribution in [2.75, 3.05) is 0 Å². The number of aromatic nitrogens is 1. The number of nitrogens with one attached hydrogen (secondary N) is 1. The summed E-state index contributed by atoms with van der Waals surface area (Å²) in [7, 11) is 1.50. The number of thiazole rings is 1. The maximum Gasteiger partial charge on any atom is 0.326 e. The molecule has 9 heteroatoms. The van der Waals surface area contributed by atoms with E-state index in [2.05, 4.69) is 5.32 Å². The Morgan fingerprint density at radius 1 is 1.35 bits per heavy atom. The first kappa shape index (κ1) is 15.9. The molecule has 0 saturated carbocycles. The largest absolute Gasteiger partial charge is 0.481 e. The molecule has 110 valence electrons. The molecule has 0 aliphatic carbocycles. The molecule has 1 aromatic heterocycles. The lowest BCUT2D eigenvalue weighted by molar-refractivity contribution is -0.140. The molecular weight excluding hydrogens is 288 g/mol. The van der Waals surface area contributed by atoms with E-state index in [1.165, 1.54) is 11.6 Å². The highest BCUT2D eigenvalue weighted by Gasteiger charge is 2.24. The molecule has 0 bridgehead atoms. The lowest BCUT2D eigenvalue weighted by Crippen LogP contribution is -2.41. The van der Waals surface area contributed by atoms with Gasteiger partial charge in [0.1, 0.15) is 10.9 Å². The van der Waals surface area contributed by atoms with Crippen LogP contribution in [0.3, 0.4) is 0 Å². The fraction of sp³-hybridized carbons (Fsp3) is 0.455. The average molecular weight is 302 g/mol. The van der Waals surface area contributed by atoms with E-state index in [0.29, 0.717) is 17.0 Å². The second-order valence-electron chi connectivity index (χ2n) is 4.14. The first-order valence-electron chi connectivity index (χ1n) is 5.66. The molecule has 1 atom stereocenters. The number of rotatable bonds is 6. The van der Waals surface area contributed by atoms with Gasteiger partial charge in [0.25, 0.3) is 5.91 Å². The van der Waals surface area contributed by atoms with E-state index in [4.69, 9.17) is 10.2 Å². The Morgan fingerprint density at radius 3 is 2.35 bits per heavy atom. The smallest absolute Gasteiger partial charge is 0.326 e. The van der Waals surface area contributed by atoms with Gasteiger partial charge in [-0.1, -0.05) is 11.3 Å². The van der Waals surface area contributed by atoms with E-state index in [1.807, 2.05) is 0 Å². The van der Waals surface area contributed by atoms with Crippen LogP contribution in [0.15, 0.2) is 4.79 Å². The number of aliphatic carboxylic acids is 2. The highest BCUT2D eigenvalue weighted by molar-refractivity contribution is 7.11. The summed E-state index contributed by atoms with van der Waals surface area (Å²) in [5.74, 6) is -3.16. The third-order valence-corrected chi connectivity index (χ3v) is 3.88. The number of hydrogen-bond donors (Lipinski definition) is 3. The Kier molecular flexibility index (Phi) is 5.03. The molecule has 3 N–H and O–H groups in total. The van der Waals surface area contributed by atoms with Crippen molar-refractivity contribution in [3.63, 3.8) is 0 Å². The van der Waals surface area contributed by atoms with Crippen LogP contribution in [0.5, 0.6) is 0 Å². The summed E-state index contributed by atoms with van der Waals surface area (Å²) in [5, 5.41) is 19.7. The normalized spacial score (nSPS) is 11.9. The minimum Gasteiger partial charge on any atom is -0.481 e. The maximum absolute atomic E-state index is 11.9. The molecule has 0 fully saturated rings. The van der Waals surface area contributed by atoms with E-state index in [0.717, 1.165) is 0 Å². The van der Waals surface area contributed by atoms with Crippen LogP contribution in [0.4, 0.5) is 0 Å². The Morgan fingerprint density at radius 2 is 1.95 bits per heavy atom. The van der Waals surface area contributed by atoms with Crippen LogP contribution in [0, 0.1) is 6.92 Å². The molecule has 1 heterocycles. The Labute approximate surface area is 117 Å². The fourth-order valence-electron chi connectivity index (χ4n) is 1.48. The van der Waals surface area contributed by atoms with Gasteiger partial charge < -0.3 is 20.1 Å². The number of hydrogen-bond acceptors (Lipinski definition) is 5. The van der Waals surface area contributed by atoms with Gasteiger partial charge in [0.2, 0.25) is 0 Å². The molecule has 1 amide bonds. The van der Waals surface area contributed by atoms with Gasteiger partial charge in [0.15, 0.2) is 0 Å². The van der Waals surface area contributed by atoms with Crippen molar-refractivity contribution >= 4 is 29.2 Å². The van der Waals surface area contributed by atoms with Crippen molar-refractivity contribution in [2.45, 2.75) is 25.8 Å². The number of carboxylic acids is 2. The summed E-state index contributed by atoms with van der Waals surface area (Å²) in [5.41, 5.74) is 0.430. The molecule has 0 aliphatic rings. The molecule has 1 aromatic rings. The Balaban J connectivity index is 2.85. The quantitative estimate of drug-likeness (QED) is 0.668. The lowest BCUT2D eigenvalue weighted by atomic mass is 10.1. The second kappa shape index (κ2) is 6.33. The van der Waals surface area contributed by atoms with Crippen molar-refractivity contribution in [3.8, 4) is 0 Å². The SMILES string of the molecule is Cc1c(C(=O)NC(CCC(=O)O)C(=O)O)sc(=O)n1C. The number of nitrogens with zero attached hydrogens (tertiary/aromatic N) is 1. The van der Waals surface area contributed by atoms with Gasteiger partial charge in [-0.3, -0.25) is 14.4 Å². The third kappa shape index (κ3) is 3.67. The summed E-state index contributed by atoms with van der Waals surface area (Å²) in [6, 6.07) is -1.31. The van der Waals surface area contributed by atoms with E-state index in [1.54, 1.807) is 6.92 Å². The van der Waals surface area contributed by atoms with Crippen LogP contribution in [0.2, 0.25) is 0 Å². The molecule has 0 aliphatic heterocycles. The Hall–Kier alpha value is -2.16. The number of carboxylic acid groups (broad SMARTS) is 2. The van der Waals surface area contributed by atoms with Gasteiger partial charge in [-0.15, -0.1) is 0 Å². The summed E-state index contributed by atoms with van der Waals surface area (Å²) in [6.07, 6.45) is -0.599. The molecule has 0 aromatic carbocycles. The fourth-order valence-corrected chi connectivity index (χ4v) is 2.36. The molecule has 20 heavy (non-hydrogen) atoms. The van der Waals surface area contributed by atoms with Crippen molar-refractivity contribution in [3.05, 3.63) is 20.2 Å². The van der Waals surface area contributed by atoms with Gasteiger partial charge in [0, 0.05) is 19.2 Å². The minimum absolute atomic E-state index is 0.124. The van der Waals surface area contributed by atoms with Gasteiger partial charge in [-0.2, -0.15) is 0 Å². The zero-order valence-corrected chi connectivity index (χ0v) is 11.7. The van der Waals surface area contributed by atoms with Gasteiger partial charge in [-0.05, 0) is 13.3 Å². The third-order valence-electron chi connectivity index (χ3n) is 2.75. The molecule has 0 saturated heterocycles. The highest BCUT2D eigenvalue weighted by Crippen LogP contribution is 2.11. The minimum atomic E-state index is -1.32. The predicted molar refractivity (Wildman–Crippen MR) is 70.1 cm³/mol. The standard InChI is InChI=1S/C11H14N2O6S/c1-5-8(20-11(19)13(5)2)9(16)12-6(10(17)18)3-4-7(14)15/h6H,3-4H2,1-2H3,(H,12,16)(H,14,15)(H,17,18). The van der Waals surface area contributed by atoms with Gasteiger partial charge >= 0.3 is 16.8 Å². The summed E-state index contributed by atoms with van der Waals surface area (Å²) >= 11 is 0.713. The van der Waals surface area contributed by atoms with E-state index < -0.39 is 23.9 Å². The molecule has 0 radical (unpaired) electrons. The molecular formula is C11H14N2O6S. The van der Waals surface area contributed by atoms with Crippen LogP contribution in [0.25, 0.3) is 0 Å². The Bertz CT molecular complexity index is 603. The summed E-state index contributed by atoms with van der Waals surface area (Å²) < 4.78 is 1.28. The number of amides is 1. The highest BCUT2D eigenvalue weighted by atomic mass is 32.1.